The van der Waals surface area contributed by atoms with Crippen molar-refractivity contribution in [2.45, 2.75) is 13.8 Å². The van der Waals surface area contributed by atoms with Gasteiger partial charge in [-0.25, -0.2) is 0 Å². The van der Waals surface area contributed by atoms with Crippen molar-refractivity contribution in [3.63, 3.8) is 0 Å². The summed E-state index contributed by atoms with van der Waals surface area (Å²) >= 11 is 0. The monoisotopic (exact) mass is 277 g/mol. The average Bonchev–Trinajstić information content (AvgIpc) is 2.50. The van der Waals surface area contributed by atoms with Crippen molar-refractivity contribution in [2.75, 3.05) is 5.32 Å². The lowest BCUT2D eigenvalue weighted by Crippen LogP contribution is -2.35. The van der Waals surface area contributed by atoms with Gasteiger partial charge in [0.05, 0.1) is 5.56 Å². The molecule has 3 nitrogen and oxygen atoms in total. The largest absolute Gasteiger partial charge is 0.351 e. The number of nitrogens with one attached hydrogen (secondary N) is 1. The molecule has 21 heavy (non-hydrogen) atoms. The molecule has 3 aromatic carbocycles. The van der Waals surface area contributed by atoms with E-state index in [2.05, 4.69) is 5.32 Å². The van der Waals surface area contributed by atoms with Crippen molar-refractivity contribution >= 4 is 11.4 Å². The smallest absolute Gasteiger partial charge is 0.250 e. The van der Waals surface area contributed by atoms with Gasteiger partial charge in [0.1, 0.15) is 5.69 Å². The molecule has 0 aliphatic heterocycles. The Bertz CT molecular complexity index is 872. The van der Waals surface area contributed by atoms with Crippen LogP contribution in [0.15, 0.2) is 58.1 Å². The van der Waals surface area contributed by atoms with E-state index in [0.717, 1.165) is 22.4 Å². The molecule has 0 bridgehead atoms. The zero-order chi connectivity index (χ0) is 15.0. The van der Waals surface area contributed by atoms with Crippen LogP contribution < -0.4 is 16.2 Å². The highest BCUT2D eigenvalue weighted by Crippen LogP contribution is 2.27. The molecule has 0 radical (unpaired) electrons. The summed E-state index contributed by atoms with van der Waals surface area (Å²) in [6.45, 7) is 3.96. The maximum atomic E-state index is 11.9. The van der Waals surface area contributed by atoms with Gasteiger partial charge in [0, 0.05) is 5.69 Å². The topological polar surface area (TPSA) is 46.2 Å². The van der Waals surface area contributed by atoms with Gasteiger partial charge in [-0.1, -0.05) is 42.5 Å². The van der Waals surface area contributed by atoms with Crippen LogP contribution in [0.25, 0.3) is 11.1 Å². The SMILES string of the molecule is Cc1ccc(C)c(Nc2c(-c3ccccc3)c(=O)c2=O)c1. The van der Waals surface area contributed by atoms with Crippen LogP contribution in [0.4, 0.5) is 11.4 Å². The van der Waals surface area contributed by atoms with Crippen molar-refractivity contribution in [3.8, 4) is 11.1 Å². The Balaban J connectivity index is 2.05. The molecule has 0 saturated heterocycles. The number of hydrogen-bond donors (Lipinski definition) is 1. The molecule has 3 aromatic rings. The van der Waals surface area contributed by atoms with Crippen molar-refractivity contribution in [2.24, 2.45) is 0 Å². The van der Waals surface area contributed by atoms with Gasteiger partial charge in [0.2, 0.25) is 5.43 Å². The van der Waals surface area contributed by atoms with E-state index in [0.29, 0.717) is 11.3 Å². The lowest BCUT2D eigenvalue weighted by Gasteiger charge is -2.15. The van der Waals surface area contributed by atoms with Crippen LogP contribution in [0.3, 0.4) is 0 Å². The molecule has 0 amide bonds. The molecule has 0 atom stereocenters. The zero-order valence-electron chi connectivity index (χ0n) is 11.9. The van der Waals surface area contributed by atoms with Gasteiger partial charge in [0.25, 0.3) is 5.43 Å². The fraction of sp³-hybridized carbons (Fsp3) is 0.111. The van der Waals surface area contributed by atoms with E-state index >= 15 is 0 Å². The molecule has 0 aromatic heterocycles. The minimum Gasteiger partial charge on any atom is -0.351 e. The summed E-state index contributed by atoms with van der Waals surface area (Å²) < 4.78 is 0. The molecule has 0 aliphatic carbocycles. The summed E-state index contributed by atoms with van der Waals surface area (Å²) in [5.41, 5.74) is 3.76. The summed E-state index contributed by atoms with van der Waals surface area (Å²) in [4.78, 5) is 23.7. The molecule has 0 unspecified atom stereocenters. The van der Waals surface area contributed by atoms with Gasteiger partial charge in [-0.05, 0) is 36.6 Å². The summed E-state index contributed by atoms with van der Waals surface area (Å²) in [5, 5.41) is 3.13. The first-order valence-electron chi connectivity index (χ1n) is 6.81. The average molecular weight is 277 g/mol. The quantitative estimate of drug-likeness (QED) is 0.747. The second-order valence-corrected chi connectivity index (χ2v) is 5.22. The standard InChI is InChI=1S/C18H15NO2/c1-11-8-9-12(2)14(10-11)19-16-15(17(20)18(16)21)13-6-4-3-5-7-13/h3-10,19H,1-2H3. The Kier molecular flexibility index (Phi) is 3.18. The van der Waals surface area contributed by atoms with Crippen LogP contribution in [-0.4, -0.2) is 0 Å². The van der Waals surface area contributed by atoms with E-state index in [1.807, 2.05) is 62.4 Å². The molecule has 0 fully saturated rings. The summed E-state index contributed by atoms with van der Waals surface area (Å²) in [6, 6.07) is 15.2. The van der Waals surface area contributed by atoms with Crippen LogP contribution in [0, 0.1) is 13.8 Å². The fourth-order valence-electron chi connectivity index (χ4n) is 2.40. The maximum Gasteiger partial charge on any atom is 0.250 e. The van der Waals surface area contributed by atoms with Gasteiger partial charge >= 0.3 is 0 Å². The Morgan fingerprint density at radius 3 is 2.29 bits per heavy atom. The molecule has 3 rings (SSSR count). The minimum atomic E-state index is -0.449. The second kappa shape index (κ2) is 5.02. The van der Waals surface area contributed by atoms with Crippen molar-refractivity contribution in [1.82, 2.24) is 0 Å². The zero-order valence-corrected chi connectivity index (χ0v) is 11.9. The van der Waals surface area contributed by atoms with Crippen LogP contribution in [-0.2, 0) is 0 Å². The first-order valence-corrected chi connectivity index (χ1v) is 6.81. The number of aryl methyl sites for hydroxylation is 2. The third kappa shape index (κ3) is 2.27. The molecular weight excluding hydrogens is 262 g/mol. The Labute approximate surface area is 122 Å². The first-order chi connectivity index (χ1) is 10.1. The highest BCUT2D eigenvalue weighted by atomic mass is 16.2. The maximum absolute atomic E-state index is 11.9. The van der Waals surface area contributed by atoms with Gasteiger partial charge in [-0.3, -0.25) is 9.59 Å². The van der Waals surface area contributed by atoms with E-state index in [9.17, 15) is 9.59 Å². The Morgan fingerprint density at radius 1 is 0.857 bits per heavy atom. The first kappa shape index (κ1) is 13.3. The van der Waals surface area contributed by atoms with Crippen molar-refractivity contribution < 1.29 is 0 Å². The van der Waals surface area contributed by atoms with Crippen LogP contribution in [0.5, 0.6) is 0 Å². The highest BCUT2D eigenvalue weighted by Gasteiger charge is 2.22. The molecular formula is C18H15NO2. The van der Waals surface area contributed by atoms with Crippen LogP contribution in [0.2, 0.25) is 0 Å². The molecule has 0 spiro atoms. The Morgan fingerprint density at radius 2 is 1.57 bits per heavy atom. The fourth-order valence-corrected chi connectivity index (χ4v) is 2.40. The number of rotatable bonds is 3. The van der Waals surface area contributed by atoms with Crippen LogP contribution >= 0.6 is 0 Å². The van der Waals surface area contributed by atoms with Crippen molar-refractivity contribution in [3.05, 3.63) is 80.1 Å². The third-order valence-corrected chi connectivity index (χ3v) is 3.63. The number of benzene rings is 2. The second-order valence-electron chi connectivity index (χ2n) is 5.22. The number of anilines is 2. The molecule has 1 N–H and O–H groups in total. The predicted molar refractivity (Wildman–Crippen MR) is 86.0 cm³/mol. The van der Waals surface area contributed by atoms with E-state index in [4.69, 9.17) is 0 Å². The Hall–Kier alpha value is -2.68. The summed E-state index contributed by atoms with van der Waals surface area (Å²) in [7, 11) is 0. The lowest BCUT2D eigenvalue weighted by molar-refractivity contribution is 1.33. The van der Waals surface area contributed by atoms with E-state index in [-0.39, 0.29) is 0 Å². The van der Waals surface area contributed by atoms with Gasteiger partial charge in [-0.2, -0.15) is 0 Å². The molecule has 0 heterocycles. The van der Waals surface area contributed by atoms with E-state index < -0.39 is 10.9 Å². The normalized spacial score (nSPS) is 10.8. The minimum absolute atomic E-state index is 0.389. The molecule has 104 valence electrons. The van der Waals surface area contributed by atoms with E-state index in [1.165, 1.54) is 0 Å². The third-order valence-electron chi connectivity index (χ3n) is 3.63. The van der Waals surface area contributed by atoms with Crippen LogP contribution in [0.1, 0.15) is 11.1 Å². The van der Waals surface area contributed by atoms with Gasteiger partial charge < -0.3 is 5.32 Å². The summed E-state index contributed by atoms with van der Waals surface area (Å²) in [6.07, 6.45) is 0. The lowest BCUT2D eigenvalue weighted by atomic mass is 9.98. The molecule has 3 heteroatoms. The summed E-state index contributed by atoms with van der Waals surface area (Å²) in [5.74, 6) is 0. The van der Waals surface area contributed by atoms with Crippen molar-refractivity contribution in [1.29, 1.82) is 0 Å². The number of hydrogen-bond acceptors (Lipinski definition) is 3. The molecule has 0 aliphatic rings. The molecule has 0 saturated carbocycles. The highest BCUT2D eigenvalue weighted by molar-refractivity contribution is 5.85. The predicted octanol–water partition coefficient (Wildman–Crippen LogP) is 3.31. The van der Waals surface area contributed by atoms with Gasteiger partial charge in [-0.15, -0.1) is 0 Å². The van der Waals surface area contributed by atoms with Gasteiger partial charge in [0.15, 0.2) is 0 Å². The van der Waals surface area contributed by atoms with E-state index in [1.54, 1.807) is 0 Å².